The van der Waals surface area contributed by atoms with Gasteiger partial charge in [0.25, 0.3) is 0 Å². The lowest BCUT2D eigenvalue weighted by molar-refractivity contribution is -0.187. The first kappa shape index (κ1) is 24.6. The highest BCUT2D eigenvalue weighted by Crippen LogP contribution is 2.23. The van der Waals surface area contributed by atoms with Gasteiger partial charge in [-0.2, -0.15) is 0 Å². The van der Waals surface area contributed by atoms with E-state index in [0.717, 1.165) is 39.2 Å². The summed E-state index contributed by atoms with van der Waals surface area (Å²) in [6.45, 7) is 2.11. The van der Waals surface area contributed by atoms with Crippen molar-refractivity contribution in [3.8, 4) is 5.75 Å². The molecule has 0 N–H and O–H groups in total. The molecule has 0 spiro atoms. The molecule has 0 heterocycles. The molecule has 8 heteroatoms. The molecule has 0 atom stereocenters. The summed E-state index contributed by atoms with van der Waals surface area (Å²) in [4.78, 5) is 57.8. The van der Waals surface area contributed by atoms with Crippen molar-refractivity contribution in [2.75, 3.05) is 7.11 Å². The number of ketones is 1. The van der Waals surface area contributed by atoms with Gasteiger partial charge in [0.05, 0.1) is 12.7 Å². The van der Waals surface area contributed by atoms with Crippen molar-refractivity contribution in [2.45, 2.75) is 45.4 Å². The molecule has 0 saturated carbocycles. The fourth-order valence-corrected chi connectivity index (χ4v) is 2.86. The number of unbranched alkanes of at least 4 members (excludes halogenated alkanes) is 4. The molecule has 0 unspecified atom stereocenters. The van der Waals surface area contributed by atoms with E-state index in [1.807, 2.05) is 0 Å². The van der Waals surface area contributed by atoms with Crippen LogP contribution >= 0.6 is 0 Å². The second-order valence-corrected chi connectivity index (χ2v) is 6.96. The van der Waals surface area contributed by atoms with E-state index in [1.165, 1.54) is 30.3 Å². The fourth-order valence-electron chi connectivity index (χ4n) is 2.86. The molecular formula is C24H26O8. The Morgan fingerprint density at radius 2 is 1.47 bits per heavy atom. The lowest BCUT2D eigenvalue weighted by Gasteiger charge is -2.10. The molecule has 0 aliphatic carbocycles. The maximum absolute atomic E-state index is 12.5. The minimum absolute atomic E-state index is 0.165. The summed E-state index contributed by atoms with van der Waals surface area (Å²) in [5.74, 6) is -2.35. The number of carbonyl (C=O) groups is 4. The van der Waals surface area contributed by atoms with Crippen molar-refractivity contribution in [2.24, 2.45) is 0 Å². The van der Waals surface area contributed by atoms with Crippen molar-refractivity contribution in [1.29, 1.82) is 0 Å². The average molecular weight is 442 g/mol. The van der Waals surface area contributed by atoms with Gasteiger partial charge in [-0.1, -0.05) is 50.8 Å². The summed E-state index contributed by atoms with van der Waals surface area (Å²) in [6.07, 6.45) is 4.20. The minimum Gasteiger partial charge on any atom is -0.437 e. The van der Waals surface area contributed by atoms with Gasteiger partial charge in [0.15, 0.2) is 5.78 Å². The van der Waals surface area contributed by atoms with E-state index in [2.05, 4.69) is 21.4 Å². The molecule has 8 nitrogen and oxygen atoms in total. The number of carbonyl (C=O) groups excluding carboxylic acids is 4. The van der Waals surface area contributed by atoms with E-state index in [-0.39, 0.29) is 28.2 Å². The Hall–Kier alpha value is -3.68. The number of ether oxygens (including phenoxy) is 2. The number of benzene rings is 2. The minimum atomic E-state index is -1.11. The summed E-state index contributed by atoms with van der Waals surface area (Å²) in [5, 5.41) is 0. The SMILES string of the molecule is CCCCCCCC(=O)c1ccc(OC(=O)OC)c(C(=O)OOC(=O)c2ccccc2)c1. The van der Waals surface area contributed by atoms with Gasteiger partial charge < -0.3 is 9.47 Å². The maximum atomic E-state index is 12.5. The third kappa shape index (κ3) is 7.54. The number of methoxy groups -OCH3 is 1. The molecule has 2 aromatic carbocycles. The van der Waals surface area contributed by atoms with Gasteiger partial charge in [-0.15, -0.1) is 0 Å². The number of rotatable bonds is 10. The molecule has 0 bridgehead atoms. The normalized spacial score (nSPS) is 10.2. The van der Waals surface area contributed by atoms with Crippen LogP contribution in [0.25, 0.3) is 0 Å². The monoisotopic (exact) mass is 442 g/mol. The zero-order valence-electron chi connectivity index (χ0n) is 18.1. The van der Waals surface area contributed by atoms with Crippen LogP contribution in [-0.4, -0.2) is 31.0 Å². The van der Waals surface area contributed by atoms with Crippen LogP contribution in [0.2, 0.25) is 0 Å². The maximum Gasteiger partial charge on any atom is 0.513 e. The van der Waals surface area contributed by atoms with E-state index >= 15 is 0 Å². The Morgan fingerprint density at radius 3 is 2.16 bits per heavy atom. The van der Waals surface area contributed by atoms with E-state index in [0.29, 0.717) is 6.42 Å². The van der Waals surface area contributed by atoms with Crippen LogP contribution in [0.5, 0.6) is 5.75 Å². The van der Waals surface area contributed by atoms with Crippen LogP contribution in [0.1, 0.15) is 76.5 Å². The van der Waals surface area contributed by atoms with Gasteiger partial charge >= 0.3 is 18.1 Å². The van der Waals surface area contributed by atoms with Crippen molar-refractivity contribution in [3.63, 3.8) is 0 Å². The second kappa shape index (κ2) is 12.9. The lowest BCUT2D eigenvalue weighted by Crippen LogP contribution is -2.16. The van der Waals surface area contributed by atoms with E-state index in [1.54, 1.807) is 18.2 Å². The van der Waals surface area contributed by atoms with Crippen LogP contribution in [0, 0.1) is 0 Å². The molecular weight excluding hydrogens is 416 g/mol. The summed E-state index contributed by atoms with van der Waals surface area (Å²) < 4.78 is 9.40. The van der Waals surface area contributed by atoms with Crippen molar-refractivity contribution in [1.82, 2.24) is 0 Å². The quantitative estimate of drug-likeness (QED) is 0.122. The van der Waals surface area contributed by atoms with Crippen molar-refractivity contribution < 1.29 is 38.4 Å². The predicted molar refractivity (Wildman–Crippen MR) is 114 cm³/mol. The van der Waals surface area contributed by atoms with E-state index in [4.69, 9.17) is 4.74 Å². The highest BCUT2D eigenvalue weighted by Gasteiger charge is 2.22. The van der Waals surface area contributed by atoms with E-state index < -0.39 is 18.1 Å². The molecule has 0 aliphatic heterocycles. The predicted octanol–water partition coefficient (Wildman–Crippen LogP) is 5.30. The largest absolute Gasteiger partial charge is 0.513 e. The highest BCUT2D eigenvalue weighted by molar-refractivity contribution is 6.01. The Kier molecular flexibility index (Phi) is 9.90. The van der Waals surface area contributed by atoms with Gasteiger partial charge in [0, 0.05) is 12.0 Å². The molecule has 2 aromatic rings. The molecule has 0 fully saturated rings. The summed E-state index contributed by atoms with van der Waals surface area (Å²) in [7, 11) is 1.11. The molecule has 32 heavy (non-hydrogen) atoms. The Morgan fingerprint density at radius 1 is 0.781 bits per heavy atom. The van der Waals surface area contributed by atoms with Crippen LogP contribution in [0.3, 0.4) is 0 Å². The molecule has 0 aromatic heterocycles. The Bertz CT molecular complexity index is 936. The number of hydrogen-bond acceptors (Lipinski definition) is 8. The lowest BCUT2D eigenvalue weighted by atomic mass is 10.0. The molecule has 0 saturated heterocycles. The zero-order chi connectivity index (χ0) is 23.3. The highest BCUT2D eigenvalue weighted by atomic mass is 17.2. The third-order valence-corrected chi connectivity index (χ3v) is 4.59. The standard InChI is InChI=1S/C24H26O8/c1-3-4-5-6-10-13-20(25)18-14-15-21(30-24(28)29-2)19(16-18)23(27)32-31-22(26)17-11-8-7-9-12-17/h7-9,11-12,14-16H,3-6,10,13H2,1-2H3. The zero-order valence-corrected chi connectivity index (χ0v) is 18.1. The molecule has 0 amide bonds. The average Bonchev–Trinajstić information content (AvgIpc) is 2.82. The summed E-state index contributed by atoms with van der Waals surface area (Å²) in [6, 6.07) is 11.9. The number of Topliss-reactive ketones (excluding diaryl/α,β-unsaturated/α-hetero) is 1. The first-order chi connectivity index (χ1) is 15.5. The molecule has 2 rings (SSSR count). The Labute approximate surface area is 186 Å². The molecule has 0 aliphatic rings. The summed E-state index contributed by atoms with van der Waals surface area (Å²) in [5.41, 5.74) is 0.172. The smallest absolute Gasteiger partial charge is 0.437 e. The van der Waals surface area contributed by atoms with Gasteiger partial charge in [-0.25, -0.2) is 24.2 Å². The third-order valence-electron chi connectivity index (χ3n) is 4.59. The first-order valence-corrected chi connectivity index (χ1v) is 10.4. The van der Waals surface area contributed by atoms with Crippen LogP contribution in [0.4, 0.5) is 4.79 Å². The van der Waals surface area contributed by atoms with Gasteiger partial charge in [0.2, 0.25) is 0 Å². The topological polar surface area (TPSA) is 105 Å². The first-order valence-electron chi connectivity index (χ1n) is 10.4. The van der Waals surface area contributed by atoms with Crippen LogP contribution < -0.4 is 4.74 Å². The van der Waals surface area contributed by atoms with Gasteiger partial charge in [-0.05, 0) is 36.8 Å². The second-order valence-electron chi connectivity index (χ2n) is 6.96. The van der Waals surface area contributed by atoms with Crippen LogP contribution in [-0.2, 0) is 14.5 Å². The van der Waals surface area contributed by atoms with Crippen molar-refractivity contribution >= 4 is 23.9 Å². The van der Waals surface area contributed by atoms with Crippen molar-refractivity contribution in [3.05, 3.63) is 65.2 Å². The molecule has 170 valence electrons. The van der Waals surface area contributed by atoms with E-state index in [9.17, 15) is 19.2 Å². The fraction of sp³-hybridized carbons (Fsp3) is 0.333. The number of hydrogen-bond donors (Lipinski definition) is 0. The molecule has 0 radical (unpaired) electrons. The Balaban J connectivity index is 2.12. The summed E-state index contributed by atoms with van der Waals surface area (Å²) >= 11 is 0. The van der Waals surface area contributed by atoms with Gasteiger partial charge in [0.1, 0.15) is 11.3 Å². The van der Waals surface area contributed by atoms with Gasteiger partial charge in [-0.3, -0.25) is 4.79 Å². The van der Waals surface area contributed by atoms with Crippen LogP contribution in [0.15, 0.2) is 48.5 Å².